The van der Waals surface area contributed by atoms with E-state index in [9.17, 15) is 0 Å². The van der Waals surface area contributed by atoms with Crippen LogP contribution in [0.1, 0.15) is 39.5 Å². The molecule has 0 radical (unpaired) electrons. The van der Waals surface area contributed by atoms with Gasteiger partial charge in [0.2, 0.25) is 8.40 Å². The second-order valence-corrected chi connectivity index (χ2v) is 8.84. The molecule has 1 heterocycles. The molecule has 0 aliphatic carbocycles. The van der Waals surface area contributed by atoms with E-state index >= 15 is 0 Å². The minimum absolute atomic E-state index is 1.26. The lowest BCUT2D eigenvalue weighted by atomic mass is 10.3. The van der Waals surface area contributed by atoms with Crippen molar-refractivity contribution in [1.82, 2.24) is 9.13 Å². The van der Waals surface area contributed by atoms with E-state index < -0.39 is 8.40 Å². The largest absolute Gasteiger partial charge is 0.307 e. The van der Waals surface area contributed by atoms with E-state index in [1.54, 1.807) is 0 Å². The third-order valence-electron chi connectivity index (χ3n) is 3.87. The van der Waals surface area contributed by atoms with Gasteiger partial charge in [0.1, 0.15) is 0 Å². The van der Waals surface area contributed by atoms with E-state index in [1.807, 2.05) is 0 Å². The molecule has 0 aromatic heterocycles. The first-order valence-corrected chi connectivity index (χ1v) is 9.30. The summed E-state index contributed by atoms with van der Waals surface area (Å²) < 4.78 is 5.44. The minimum Gasteiger partial charge on any atom is -0.307 e. The maximum atomic E-state index is 4.11. The molecule has 3 heteroatoms. The molecule has 0 N–H and O–H groups in total. The zero-order chi connectivity index (χ0) is 12.0. The van der Waals surface area contributed by atoms with E-state index in [0.29, 0.717) is 0 Å². The van der Waals surface area contributed by atoms with Crippen molar-refractivity contribution in [2.45, 2.75) is 46.1 Å². The van der Waals surface area contributed by atoms with Gasteiger partial charge in [0.15, 0.2) is 0 Å². The molecule has 1 aliphatic rings. The molecule has 0 aromatic carbocycles. The van der Waals surface area contributed by atoms with Gasteiger partial charge in [0, 0.05) is 13.1 Å². The normalized spacial score (nSPS) is 21.4. The maximum absolute atomic E-state index is 4.11. The Morgan fingerprint density at radius 2 is 1.50 bits per heavy atom. The van der Waals surface area contributed by atoms with Crippen LogP contribution in [0, 0.1) is 0 Å². The van der Waals surface area contributed by atoms with Crippen molar-refractivity contribution < 1.29 is 0 Å². The molecule has 1 aliphatic heterocycles. The van der Waals surface area contributed by atoms with Gasteiger partial charge in [0.05, 0.1) is 0 Å². The zero-order valence-corrected chi connectivity index (χ0v) is 12.3. The van der Waals surface area contributed by atoms with Crippen LogP contribution in [-0.2, 0) is 0 Å². The van der Waals surface area contributed by atoms with Crippen LogP contribution in [0.15, 0.2) is 12.3 Å². The Labute approximate surface area is 102 Å². The third-order valence-corrected chi connectivity index (χ3v) is 8.10. The molecule has 94 valence electrons. The van der Waals surface area contributed by atoms with Gasteiger partial charge in [-0.15, -0.1) is 6.58 Å². The van der Waals surface area contributed by atoms with Gasteiger partial charge < -0.3 is 9.13 Å². The highest BCUT2D eigenvalue weighted by Crippen LogP contribution is 2.24. The van der Waals surface area contributed by atoms with Gasteiger partial charge in [-0.2, -0.15) is 0 Å². The van der Waals surface area contributed by atoms with Crippen molar-refractivity contribution in [3.05, 3.63) is 12.3 Å². The summed E-state index contributed by atoms with van der Waals surface area (Å²) in [6, 6.07) is 0. The molecule has 0 unspecified atom stereocenters. The molecule has 1 fully saturated rings. The highest BCUT2D eigenvalue weighted by Gasteiger charge is 2.42. The summed E-state index contributed by atoms with van der Waals surface area (Å²) in [4.78, 5) is 0. The van der Waals surface area contributed by atoms with E-state index in [-0.39, 0.29) is 0 Å². The van der Waals surface area contributed by atoms with Gasteiger partial charge in [-0.1, -0.05) is 32.4 Å². The monoisotopic (exact) mass is 240 g/mol. The molecule has 0 saturated carbocycles. The summed E-state index contributed by atoms with van der Waals surface area (Å²) in [5, 5.41) is 0. The molecule has 0 atom stereocenters. The smallest absolute Gasteiger partial charge is 0.228 e. The van der Waals surface area contributed by atoms with E-state index in [2.05, 4.69) is 41.8 Å². The fourth-order valence-electron chi connectivity index (χ4n) is 2.53. The highest BCUT2D eigenvalue weighted by atomic mass is 28.3. The van der Waals surface area contributed by atoms with Crippen LogP contribution in [0.4, 0.5) is 0 Å². The quantitative estimate of drug-likeness (QED) is 0.631. The third kappa shape index (κ3) is 2.96. The zero-order valence-electron chi connectivity index (χ0n) is 11.3. The lowest BCUT2D eigenvalue weighted by Gasteiger charge is -2.36. The molecular weight excluding hydrogens is 212 g/mol. The standard InChI is InChI=1S/C13H28N2Si/c1-5-8-10-14-12-13-15(11-9-6-2)16(14,4)7-3/h7H,3,5-6,8-13H2,1-2,4H3. The first-order valence-electron chi connectivity index (χ1n) is 6.82. The van der Waals surface area contributed by atoms with Crippen molar-refractivity contribution in [1.29, 1.82) is 0 Å². The van der Waals surface area contributed by atoms with Crippen molar-refractivity contribution in [3.8, 4) is 0 Å². The first-order chi connectivity index (χ1) is 7.69. The van der Waals surface area contributed by atoms with Crippen molar-refractivity contribution in [3.63, 3.8) is 0 Å². The molecule has 1 rings (SSSR count). The summed E-state index contributed by atoms with van der Waals surface area (Å²) in [5.41, 5.74) is 2.27. The van der Waals surface area contributed by atoms with Crippen LogP contribution in [0.25, 0.3) is 0 Å². The van der Waals surface area contributed by atoms with Crippen LogP contribution in [0.2, 0.25) is 6.55 Å². The Kier molecular flexibility index (Phi) is 5.73. The lowest BCUT2D eigenvalue weighted by Crippen LogP contribution is -2.55. The maximum Gasteiger partial charge on any atom is 0.228 e. The fraction of sp³-hybridized carbons (Fsp3) is 0.846. The summed E-state index contributed by atoms with van der Waals surface area (Å²) in [6.45, 7) is 16.2. The fourth-order valence-corrected chi connectivity index (χ4v) is 5.77. The predicted octanol–water partition coefficient (Wildman–Crippen LogP) is 3.00. The van der Waals surface area contributed by atoms with E-state index in [1.165, 1.54) is 51.9 Å². The number of hydrogen-bond donors (Lipinski definition) is 0. The number of hydrogen-bond acceptors (Lipinski definition) is 2. The van der Waals surface area contributed by atoms with Crippen LogP contribution >= 0.6 is 0 Å². The first kappa shape index (κ1) is 13.9. The van der Waals surface area contributed by atoms with E-state index in [0.717, 1.165) is 0 Å². The Bertz CT molecular complexity index is 202. The summed E-state index contributed by atoms with van der Waals surface area (Å²) in [6.07, 6.45) is 5.26. The van der Waals surface area contributed by atoms with Gasteiger partial charge in [0.25, 0.3) is 0 Å². The van der Waals surface area contributed by atoms with E-state index in [4.69, 9.17) is 0 Å². The summed E-state index contributed by atoms with van der Waals surface area (Å²) >= 11 is 0. The topological polar surface area (TPSA) is 6.48 Å². The van der Waals surface area contributed by atoms with Crippen molar-refractivity contribution >= 4 is 8.40 Å². The summed E-state index contributed by atoms with van der Waals surface area (Å²) in [5.74, 6) is 0. The number of rotatable bonds is 7. The van der Waals surface area contributed by atoms with Gasteiger partial charge in [-0.05, 0) is 32.5 Å². The molecule has 2 nitrogen and oxygen atoms in total. The average molecular weight is 240 g/mol. The lowest BCUT2D eigenvalue weighted by molar-refractivity contribution is 0.449. The molecule has 0 bridgehead atoms. The number of unbranched alkanes of at least 4 members (excludes halogenated alkanes) is 2. The Morgan fingerprint density at radius 1 is 1.06 bits per heavy atom. The van der Waals surface area contributed by atoms with Gasteiger partial charge >= 0.3 is 0 Å². The van der Waals surface area contributed by atoms with Crippen LogP contribution < -0.4 is 0 Å². The van der Waals surface area contributed by atoms with Gasteiger partial charge in [-0.25, -0.2) is 0 Å². The van der Waals surface area contributed by atoms with Crippen LogP contribution in [0.3, 0.4) is 0 Å². The minimum atomic E-state index is -1.46. The second-order valence-electron chi connectivity index (χ2n) is 4.98. The van der Waals surface area contributed by atoms with Crippen LogP contribution in [-0.4, -0.2) is 43.7 Å². The van der Waals surface area contributed by atoms with Crippen LogP contribution in [0.5, 0.6) is 0 Å². The molecule has 0 spiro atoms. The Morgan fingerprint density at radius 3 is 1.81 bits per heavy atom. The number of nitrogens with zero attached hydrogens (tertiary/aromatic N) is 2. The molecule has 1 saturated heterocycles. The molecule has 0 amide bonds. The highest BCUT2D eigenvalue weighted by molar-refractivity contribution is 6.78. The Hall–Kier alpha value is -0.123. The summed E-state index contributed by atoms with van der Waals surface area (Å²) in [7, 11) is -1.46. The Balaban J connectivity index is 2.58. The van der Waals surface area contributed by atoms with Gasteiger partial charge in [-0.3, -0.25) is 0 Å². The predicted molar refractivity (Wildman–Crippen MR) is 74.8 cm³/mol. The molecule has 0 aromatic rings. The SMILES string of the molecule is C=C[Si]1(C)N(CCCC)CCN1CCCC. The van der Waals surface area contributed by atoms with Crippen molar-refractivity contribution in [2.75, 3.05) is 26.2 Å². The van der Waals surface area contributed by atoms with Crippen molar-refractivity contribution in [2.24, 2.45) is 0 Å². The molecular formula is C13H28N2Si. The molecule has 16 heavy (non-hydrogen) atoms. The second kappa shape index (κ2) is 6.57. The average Bonchev–Trinajstić information content (AvgIpc) is 2.62.